The average Bonchev–Trinajstić information content (AvgIpc) is 2.42. The highest BCUT2D eigenvalue weighted by Gasteiger charge is 2.18. The van der Waals surface area contributed by atoms with Gasteiger partial charge in [-0.15, -0.1) is 0 Å². The Bertz CT molecular complexity index is 421. The number of aliphatic hydroxyl groups excluding tert-OH is 1. The third-order valence-electron chi connectivity index (χ3n) is 2.98. The minimum Gasteiger partial charge on any atom is -0.395 e. The molecule has 0 atom stereocenters. The molecule has 0 aliphatic heterocycles. The zero-order valence-corrected chi connectivity index (χ0v) is 11.9. The Labute approximate surface area is 114 Å². The molecule has 0 aliphatic carbocycles. The van der Waals surface area contributed by atoms with E-state index in [1.54, 1.807) is 18.1 Å². The summed E-state index contributed by atoms with van der Waals surface area (Å²) in [4.78, 5) is 18.3. The number of aromatic nitrogens is 1. The molecule has 0 unspecified atom stereocenters. The first-order valence-corrected chi connectivity index (χ1v) is 6.68. The average molecular weight is 265 g/mol. The number of rotatable bonds is 7. The summed E-state index contributed by atoms with van der Waals surface area (Å²) in [5.41, 5.74) is 2.19. The molecule has 1 aromatic heterocycles. The molecule has 19 heavy (non-hydrogen) atoms. The Morgan fingerprint density at radius 2 is 2.21 bits per heavy atom. The molecule has 1 rings (SSSR count). The topological polar surface area (TPSA) is 65.5 Å². The molecule has 0 saturated heterocycles. The maximum atomic E-state index is 12.5. The summed E-state index contributed by atoms with van der Waals surface area (Å²) >= 11 is 0. The van der Waals surface area contributed by atoms with Gasteiger partial charge in [-0.3, -0.25) is 9.78 Å². The Balaban J connectivity index is 2.94. The van der Waals surface area contributed by atoms with Gasteiger partial charge in [-0.25, -0.2) is 0 Å². The standard InChI is InChI=1S/C14H23N3O2/c1-4-5-6-17(7-8-18)14(19)12-10-16-11(2)9-13(12)15-3/h9-10,18H,4-8H2,1-3H3,(H,15,16). The molecule has 0 bridgehead atoms. The highest BCUT2D eigenvalue weighted by atomic mass is 16.3. The Hall–Kier alpha value is -1.62. The summed E-state index contributed by atoms with van der Waals surface area (Å²) in [6.45, 7) is 4.96. The molecule has 1 heterocycles. The number of aryl methyl sites for hydroxylation is 1. The smallest absolute Gasteiger partial charge is 0.257 e. The van der Waals surface area contributed by atoms with Gasteiger partial charge in [0.15, 0.2) is 0 Å². The van der Waals surface area contributed by atoms with Crippen molar-refractivity contribution >= 4 is 11.6 Å². The van der Waals surface area contributed by atoms with Crippen molar-refractivity contribution in [1.82, 2.24) is 9.88 Å². The van der Waals surface area contributed by atoms with Crippen LogP contribution in [0.1, 0.15) is 35.8 Å². The second-order valence-corrected chi connectivity index (χ2v) is 4.49. The molecule has 0 spiro atoms. The lowest BCUT2D eigenvalue weighted by Crippen LogP contribution is -2.35. The normalized spacial score (nSPS) is 10.3. The quantitative estimate of drug-likeness (QED) is 0.787. The minimum atomic E-state index is -0.0839. The number of anilines is 1. The van der Waals surface area contributed by atoms with E-state index in [4.69, 9.17) is 5.11 Å². The predicted octanol–water partition coefficient (Wildman–Crippen LogP) is 1.67. The number of hydrogen-bond donors (Lipinski definition) is 2. The van der Waals surface area contributed by atoms with Crippen LogP contribution in [-0.2, 0) is 0 Å². The van der Waals surface area contributed by atoms with E-state index in [0.29, 0.717) is 18.7 Å². The van der Waals surface area contributed by atoms with Gasteiger partial charge in [0.2, 0.25) is 0 Å². The predicted molar refractivity (Wildman–Crippen MR) is 76.4 cm³/mol. The highest BCUT2D eigenvalue weighted by molar-refractivity contribution is 5.99. The van der Waals surface area contributed by atoms with Crippen molar-refractivity contribution in [2.75, 3.05) is 32.1 Å². The number of pyridine rings is 1. The van der Waals surface area contributed by atoms with E-state index in [9.17, 15) is 4.79 Å². The first-order valence-electron chi connectivity index (χ1n) is 6.68. The fraction of sp³-hybridized carbons (Fsp3) is 0.571. The lowest BCUT2D eigenvalue weighted by Gasteiger charge is -2.22. The van der Waals surface area contributed by atoms with E-state index < -0.39 is 0 Å². The van der Waals surface area contributed by atoms with Gasteiger partial charge in [0.1, 0.15) is 0 Å². The van der Waals surface area contributed by atoms with Gasteiger partial charge in [-0.2, -0.15) is 0 Å². The monoisotopic (exact) mass is 265 g/mol. The van der Waals surface area contributed by atoms with Crippen molar-refractivity contribution in [2.45, 2.75) is 26.7 Å². The SMILES string of the molecule is CCCCN(CCO)C(=O)c1cnc(C)cc1NC. The second kappa shape index (κ2) is 7.74. The third-order valence-corrected chi connectivity index (χ3v) is 2.98. The van der Waals surface area contributed by atoms with Gasteiger partial charge < -0.3 is 15.3 Å². The fourth-order valence-corrected chi connectivity index (χ4v) is 1.89. The molecule has 2 N–H and O–H groups in total. The highest BCUT2D eigenvalue weighted by Crippen LogP contribution is 2.17. The maximum Gasteiger partial charge on any atom is 0.257 e. The number of aliphatic hydroxyl groups is 1. The molecule has 106 valence electrons. The number of unbranched alkanes of at least 4 members (excludes halogenated alkanes) is 1. The number of carbonyl (C=O) groups excluding carboxylic acids is 1. The van der Waals surface area contributed by atoms with Crippen LogP contribution in [0, 0.1) is 6.92 Å². The fourth-order valence-electron chi connectivity index (χ4n) is 1.89. The molecule has 5 nitrogen and oxygen atoms in total. The van der Waals surface area contributed by atoms with Gasteiger partial charge in [0, 0.05) is 32.0 Å². The summed E-state index contributed by atoms with van der Waals surface area (Å²) in [6.07, 6.45) is 3.54. The van der Waals surface area contributed by atoms with E-state index in [1.807, 2.05) is 13.0 Å². The van der Waals surface area contributed by atoms with Crippen LogP contribution in [0.5, 0.6) is 0 Å². The summed E-state index contributed by atoms with van der Waals surface area (Å²) < 4.78 is 0. The Kier molecular flexibility index (Phi) is 6.29. The van der Waals surface area contributed by atoms with Crippen LogP contribution < -0.4 is 5.32 Å². The van der Waals surface area contributed by atoms with E-state index in [-0.39, 0.29) is 12.5 Å². The van der Waals surface area contributed by atoms with Crippen molar-refractivity contribution < 1.29 is 9.90 Å². The van der Waals surface area contributed by atoms with Crippen LogP contribution >= 0.6 is 0 Å². The van der Waals surface area contributed by atoms with Gasteiger partial charge in [-0.1, -0.05) is 13.3 Å². The maximum absolute atomic E-state index is 12.5. The molecule has 1 aromatic rings. The first-order chi connectivity index (χ1) is 9.13. The summed E-state index contributed by atoms with van der Waals surface area (Å²) in [5.74, 6) is -0.0839. The van der Waals surface area contributed by atoms with E-state index in [0.717, 1.165) is 24.2 Å². The summed E-state index contributed by atoms with van der Waals surface area (Å²) in [5, 5.41) is 12.1. The van der Waals surface area contributed by atoms with E-state index in [1.165, 1.54) is 0 Å². The Morgan fingerprint density at radius 3 is 2.79 bits per heavy atom. The molecular formula is C14H23N3O2. The van der Waals surface area contributed by atoms with Crippen LogP contribution in [0.2, 0.25) is 0 Å². The molecular weight excluding hydrogens is 242 g/mol. The molecule has 5 heteroatoms. The zero-order chi connectivity index (χ0) is 14.3. The van der Waals surface area contributed by atoms with Crippen molar-refractivity contribution in [3.8, 4) is 0 Å². The number of carbonyl (C=O) groups is 1. The molecule has 0 radical (unpaired) electrons. The van der Waals surface area contributed by atoms with Gasteiger partial charge in [0.25, 0.3) is 5.91 Å². The molecule has 0 fully saturated rings. The van der Waals surface area contributed by atoms with E-state index >= 15 is 0 Å². The van der Waals surface area contributed by atoms with E-state index in [2.05, 4.69) is 17.2 Å². The molecule has 0 aliphatic rings. The lowest BCUT2D eigenvalue weighted by atomic mass is 10.1. The number of nitrogens with one attached hydrogen (secondary N) is 1. The largest absolute Gasteiger partial charge is 0.395 e. The zero-order valence-electron chi connectivity index (χ0n) is 11.9. The van der Waals surface area contributed by atoms with Crippen LogP contribution in [0.15, 0.2) is 12.3 Å². The second-order valence-electron chi connectivity index (χ2n) is 4.49. The van der Waals surface area contributed by atoms with Crippen LogP contribution in [0.25, 0.3) is 0 Å². The number of amides is 1. The summed E-state index contributed by atoms with van der Waals surface area (Å²) in [6, 6.07) is 1.85. The van der Waals surface area contributed by atoms with Gasteiger partial charge in [0.05, 0.1) is 17.9 Å². The van der Waals surface area contributed by atoms with Crippen LogP contribution in [-0.4, -0.2) is 47.6 Å². The number of nitrogens with zero attached hydrogens (tertiary/aromatic N) is 2. The van der Waals surface area contributed by atoms with Gasteiger partial charge in [-0.05, 0) is 19.4 Å². The van der Waals surface area contributed by atoms with Crippen LogP contribution in [0.4, 0.5) is 5.69 Å². The summed E-state index contributed by atoms with van der Waals surface area (Å²) in [7, 11) is 1.79. The van der Waals surface area contributed by atoms with Crippen molar-refractivity contribution in [3.63, 3.8) is 0 Å². The third kappa shape index (κ3) is 4.21. The number of hydrogen-bond acceptors (Lipinski definition) is 4. The van der Waals surface area contributed by atoms with Crippen molar-refractivity contribution in [1.29, 1.82) is 0 Å². The Morgan fingerprint density at radius 1 is 1.47 bits per heavy atom. The minimum absolute atomic E-state index is 0.0242. The lowest BCUT2D eigenvalue weighted by molar-refractivity contribution is 0.0720. The van der Waals surface area contributed by atoms with Crippen molar-refractivity contribution in [2.24, 2.45) is 0 Å². The van der Waals surface area contributed by atoms with Gasteiger partial charge >= 0.3 is 0 Å². The molecule has 1 amide bonds. The molecule has 0 saturated carbocycles. The van der Waals surface area contributed by atoms with Crippen LogP contribution in [0.3, 0.4) is 0 Å². The molecule has 0 aromatic carbocycles. The first kappa shape index (κ1) is 15.4. The van der Waals surface area contributed by atoms with Crippen molar-refractivity contribution in [3.05, 3.63) is 23.5 Å².